The van der Waals surface area contributed by atoms with Gasteiger partial charge in [0.25, 0.3) is 0 Å². The molecule has 6 heteroatoms. The lowest BCUT2D eigenvalue weighted by Gasteiger charge is -2.01. The molecule has 1 aromatic carbocycles. The summed E-state index contributed by atoms with van der Waals surface area (Å²) in [6, 6.07) is 13.6. The summed E-state index contributed by atoms with van der Waals surface area (Å²) in [5, 5.41) is 6.95. The number of nitrogens with one attached hydrogen (secondary N) is 1. The molecule has 0 aliphatic rings. The summed E-state index contributed by atoms with van der Waals surface area (Å²) < 4.78 is 10.6. The molecule has 0 atom stereocenters. The van der Waals surface area contributed by atoms with Gasteiger partial charge in [-0.2, -0.15) is 0 Å². The molecule has 3 heterocycles. The lowest BCUT2D eigenvalue weighted by Crippen LogP contribution is -2.07. The number of para-hydroxylation sites is 1. The molecule has 0 saturated carbocycles. The molecule has 3 aromatic heterocycles. The third kappa shape index (κ3) is 2.96. The molecule has 0 unspecified atom stereocenters. The first-order valence-electron chi connectivity index (χ1n) is 7.50. The van der Waals surface area contributed by atoms with Gasteiger partial charge in [0, 0.05) is 23.2 Å². The number of ether oxygens (including phenoxy) is 1. The standard InChI is InChI=1S/C18H14N2O3S/c21-18(8-12-10-19-15-5-2-1-4-14(12)15)22-11-13-9-16(23-20-13)17-6-3-7-24-17/h1-7,9-10,19H,8,11H2. The summed E-state index contributed by atoms with van der Waals surface area (Å²) in [6.07, 6.45) is 2.07. The van der Waals surface area contributed by atoms with Crippen LogP contribution in [-0.2, 0) is 22.6 Å². The molecule has 120 valence electrons. The Morgan fingerprint density at radius 3 is 3.04 bits per heavy atom. The number of carbonyl (C=O) groups is 1. The Kier molecular flexibility index (Phi) is 3.88. The Morgan fingerprint density at radius 1 is 1.25 bits per heavy atom. The van der Waals surface area contributed by atoms with Crippen molar-refractivity contribution in [1.82, 2.24) is 10.1 Å². The number of carbonyl (C=O) groups excluding carboxylic acids is 1. The van der Waals surface area contributed by atoms with E-state index in [0.717, 1.165) is 21.3 Å². The quantitative estimate of drug-likeness (QED) is 0.555. The number of aromatic amines is 1. The minimum Gasteiger partial charge on any atom is -0.459 e. The predicted octanol–water partition coefficient (Wildman–Crippen LogP) is 4.17. The third-order valence-electron chi connectivity index (χ3n) is 3.71. The normalized spacial score (nSPS) is 11.0. The van der Waals surface area contributed by atoms with Crippen LogP contribution in [0.25, 0.3) is 21.5 Å². The number of rotatable bonds is 5. The van der Waals surface area contributed by atoms with E-state index in [9.17, 15) is 4.79 Å². The Morgan fingerprint density at radius 2 is 2.17 bits per heavy atom. The van der Waals surface area contributed by atoms with Gasteiger partial charge in [-0.3, -0.25) is 4.79 Å². The van der Waals surface area contributed by atoms with Crippen LogP contribution in [0.2, 0.25) is 0 Å². The van der Waals surface area contributed by atoms with Crippen molar-refractivity contribution in [2.75, 3.05) is 0 Å². The number of benzene rings is 1. The second-order valence-electron chi connectivity index (χ2n) is 5.36. The molecule has 0 fully saturated rings. The van der Waals surface area contributed by atoms with Crippen LogP contribution < -0.4 is 0 Å². The fraction of sp³-hybridized carbons (Fsp3) is 0.111. The Labute approximate surface area is 141 Å². The van der Waals surface area contributed by atoms with E-state index in [4.69, 9.17) is 9.26 Å². The third-order valence-corrected chi connectivity index (χ3v) is 4.60. The van der Waals surface area contributed by atoms with Crippen LogP contribution in [0.5, 0.6) is 0 Å². The number of H-pyrrole nitrogens is 1. The summed E-state index contributed by atoms with van der Waals surface area (Å²) >= 11 is 1.57. The maximum Gasteiger partial charge on any atom is 0.310 e. The van der Waals surface area contributed by atoms with Crippen molar-refractivity contribution in [3.63, 3.8) is 0 Å². The number of aromatic nitrogens is 2. The lowest BCUT2D eigenvalue weighted by atomic mass is 10.1. The average molecular weight is 338 g/mol. The highest BCUT2D eigenvalue weighted by molar-refractivity contribution is 7.13. The monoisotopic (exact) mass is 338 g/mol. The van der Waals surface area contributed by atoms with E-state index >= 15 is 0 Å². The van der Waals surface area contributed by atoms with Gasteiger partial charge in [0.15, 0.2) is 5.76 Å². The molecule has 0 aliphatic heterocycles. The summed E-state index contributed by atoms with van der Waals surface area (Å²) in [6.45, 7) is 0.107. The van der Waals surface area contributed by atoms with Crippen LogP contribution in [0.4, 0.5) is 0 Å². The minimum atomic E-state index is -0.291. The topological polar surface area (TPSA) is 68.1 Å². The Hall–Kier alpha value is -2.86. The highest BCUT2D eigenvalue weighted by Gasteiger charge is 2.12. The second-order valence-corrected chi connectivity index (χ2v) is 6.30. The van der Waals surface area contributed by atoms with Crippen LogP contribution in [0.3, 0.4) is 0 Å². The van der Waals surface area contributed by atoms with E-state index in [0.29, 0.717) is 11.5 Å². The van der Waals surface area contributed by atoms with E-state index < -0.39 is 0 Å². The molecular weight excluding hydrogens is 324 g/mol. The molecule has 0 amide bonds. The molecule has 0 saturated heterocycles. The number of thiophene rings is 1. The van der Waals surface area contributed by atoms with E-state index in [2.05, 4.69) is 10.1 Å². The van der Waals surface area contributed by atoms with Gasteiger partial charge in [-0.25, -0.2) is 0 Å². The molecular formula is C18H14N2O3S. The van der Waals surface area contributed by atoms with Gasteiger partial charge in [-0.15, -0.1) is 11.3 Å². The first-order valence-corrected chi connectivity index (χ1v) is 8.37. The van der Waals surface area contributed by atoms with Crippen molar-refractivity contribution in [2.45, 2.75) is 13.0 Å². The molecule has 24 heavy (non-hydrogen) atoms. The molecule has 0 radical (unpaired) electrons. The van der Waals surface area contributed by atoms with Gasteiger partial charge < -0.3 is 14.2 Å². The van der Waals surface area contributed by atoms with Crippen molar-refractivity contribution in [2.24, 2.45) is 0 Å². The van der Waals surface area contributed by atoms with Crippen LogP contribution >= 0.6 is 11.3 Å². The van der Waals surface area contributed by atoms with E-state index in [1.54, 1.807) is 17.4 Å². The molecule has 0 bridgehead atoms. The molecule has 5 nitrogen and oxygen atoms in total. The van der Waals surface area contributed by atoms with Gasteiger partial charge in [-0.05, 0) is 23.1 Å². The first kappa shape index (κ1) is 14.7. The summed E-state index contributed by atoms with van der Waals surface area (Å²) in [7, 11) is 0. The van der Waals surface area contributed by atoms with Crippen LogP contribution in [0.15, 0.2) is 58.6 Å². The van der Waals surface area contributed by atoms with Gasteiger partial charge in [0.1, 0.15) is 12.3 Å². The van der Waals surface area contributed by atoms with E-state index in [1.165, 1.54) is 0 Å². The van der Waals surface area contributed by atoms with Crippen molar-refractivity contribution < 1.29 is 14.1 Å². The number of hydrogen-bond donors (Lipinski definition) is 1. The fourth-order valence-corrected chi connectivity index (χ4v) is 3.23. The SMILES string of the molecule is O=C(Cc1c[nH]c2ccccc12)OCc1cc(-c2cccs2)on1. The van der Waals surface area contributed by atoms with Gasteiger partial charge in [0.2, 0.25) is 0 Å². The van der Waals surface area contributed by atoms with Crippen LogP contribution in [0, 0.1) is 0 Å². The summed E-state index contributed by atoms with van der Waals surface area (Å²) in [4.78, 5) is 16.2. The Balaban J connectivity index is 1.38. The highest BCUT2D eigenvalue weighted by Crippen LogP contribution is 2.25. The molecule has 0 spiro atoms. The smallest absolute Gasteiger partial charge is 0.310 e. The van der Waals surface area contributed by atoms with Crippen molar-refractivity contribution in [3.8, 4) is 10.6 Å². The van der Waals surface area contributed by atoms with Crippen molar-refractivity contribution >= 4 is 28.2 Å². The first-order chi connectivity index (χ1) is 11.8. The summed E-state index contributed by atoms with van der Waals surface area (Å²) in [5.41, 5.74) is 2.54. The van der Waals surface area contributed by atoms with Crippen LogP contribution in [0.1, 0.15) is 11.3 Å². The molecule has 4 rings (SSSR count). The number of nitrogens with zero attached hydrogens (tertiary/aromatic N) is 1. The summed E-state index contributed by atoms with van der Waals surface area (Å²) in [5.74, 6) is 0.396. The Bertz CT molecular complexity index is 969. The zero-order chi connectivity index (χ0) is 16.4. The zero-order valence-corrected chi connectivity index (χ0v) is 13.5. The van der Waals surface area contributed by atoms with Crippen molar-refractivity contribution in [3.05, 3.63) is 65.3 Å². The maximum atomic E-state index is 12.1. The number of fused-ring (bicyclic) bond motifs is 1. The maximum absolute atomic E-state index is 12.1. The zero-order valence-electron chi connectivity index (χ0n) is 12.7. The van der Waals surface area contributed by atoms with Gasteiger partial charge >= 0.3 is 5.97 Å². The largest absolute Gasteiger partial charge is 0.459 e. The van der Waals surface area contributed by atoms with E-state index in [-0.39, 0.29) is 19.0 Å². The van der Waals surface area contributed by atoms with Gasteiger partial charge in [-0.1, -0.05) is 29.4 Å². The predicted molar refractivity (Wildman–Crippen MR) is 91.6 cm³/mol. The molecule has 0 aliphatic carbocycles. The molecule has 4 aromatic rings. The van der Waals surface area contributed by atoms with E-state index in [1.807, 2.05) is 48.0 Å². The number of esters is 1. The van der Waals surface area contributed by atoms with Crippen LogP contribution in [-0.4, -0.2) is 16.1 Å². The van der Waals surface area contributed by atoms with Crippen molar-refractivity contribution in [1.29, 1.82) is 0 Å². The molecule has 1 N–H and O–H groups in total. The lowest BCUT2D eigenvalue weighted by molar-refractivity contribution is -0.144. The highest BCUT2D eigenvalue weighted by atomic mass is 32.1. The number of hydrogen-bond acceptors (Lipinski definition) is 5. The second kappa shape index (κ2) is 6.33. The average Bonchev–Trinajstić information content (AvgIpc) is 3.34. The minimum absolute atomic E-state index is 0.107. The fourth-order valence-electron chi connectivity index (χ4n) is 2.55. The van der Waals surface area contributed by atoms with Gasteiger partial charge in [0.05, 0.1) is 11.3 Å².